The lowest BCUT2D eigenvalue weighted by atomic mass is 10.0. The van der Waals surface area contributed by atoms with Crippen LogP contribution in [-0.4, -0.2) is 28.0 Å². The topological polar surface area (TPSA) is 23.6 Å². The Bertz CT molecular complexity index is 1020. The fourth-order valence-electron chi connectivity index (χ4n) is 4.31. The van der Waals surface area contributed by atoms with Gasteiger partial charge in [-0.3, -0.25) is 4.79 Å². The number of thioether (sulfide) groups is 1. The van der Waals surface area contributed by atoms with Crippen molar-refractivity contribution < 1.29 is 4.79 Å². The maximum Gasteiger partial charge on any atom is 0.255 e. The summed E-state index contributed by atoms with van der Waals surface area (Å²) in [5, 5.41) is 0. The van der Waals surface area contributed by atoms with E-state index in [2.05, 4.69) is 68.7 Å². The molecule has 37 heavy (non-hydrogen) atoms. The number of rotatable bonds is 9. The fraction of sp³-hybridized carbons (Fsp3) is 0.424. The van der Waals surface area contributed by atoms with Crippen LogP contribution in [0.15, 0.2) is 101 Å². The number of benzene rings is 1. The zero-order chi connectivity index (χ0) is 27.0. The highest BCUT2D eigenvalue weighted by Crippen LogP contribution is 2.34. The Labute approximate surface area is 230 Å². The molecule has 1 saturated heterocycles. The molecular formula is C33H46N2OS. The van der Waals surface area contributed by atoms with Crippen molar-refractivity contribution in [3.8, 4) is 0 Å². The van der Waals surface area contributed by atoms with E-state index in [1.54, 1.807) is 0 Å². The van der Waals surface area contributed by atoms with Crippen LogP contribution in [0, 0.1) is 0 Å². The number of amides is 1. The minimum Gasteiger partial charge on any atom is -0.322 e. The Morgan fingerprint density at radius 1 is 1.16 bits per heavy atom. The lowest BCUT2D eigenvalue weighted by Crippen LogP contribution is -2.33. The van der Waals surface area contributed by atoms with Crippen molar-refractivity contribution in [3.05, 3.63) is 107 Å². The summed E-state index contributed by atoms with van der Waals surface area (Å²) in [4.78, 5) is 18.9. The van der Waals surface area contributed by atoms with E-state index in [1.807, 2.05) is 61.0 Å². The van der Waals surface area contributed by atoms with Gasteiger partial charge in [-0.05, 0) is 81.8 Å². The Kier molecular flexibility index (Phi) is 13.9. The van der Waals surface area contributed by atoms with E-state index in [0.29, 0.717) is 0 Å². The molecule has 2 aliphatic heterocycles. The molecule has 3 nitrogen and oxygen atoms in total. The third-order valence-electron chi connectivity index (χ3n) is 6.58. The second-order valence-corrected chi connectivity index (χ2v) is 10.7. The van der Waals surface area contributed by atoms with Crippen molar-refractivity contribution in [3.63, 3.8) is 0 Å². The van der Waals surface area contributed by atoms with Crippen molar-refractivity contribution in [2.24, 2.45) is 0 Å². The van der Waals surface area contributed by atoms with Crippen molar-refractivity contribution in [1.82, 2.24) is 9.80 Å². The van der Waals surface area contributed by atoms with Gasteiger partial charge in [0.15, 0.2) is 0 Å². The molecule has 0 saturated carbocycles. The maximum absolute atomic E-state index is 13.6. The Morgan fingerprint density at radius 2 is 1.92 bits per heavy atom. The van der Waals surface area contributed by atoms with Gasteiger partial charge in [0.2, 0.25) is 0 Å². The van der Waals surface area contributed by atoms with Crippen LogP contribution >= 0.6 is 11.8 Å². The SMILES string of the molecule is C/C=C(/C)N(CCCCC)C(=O)/C(Cc1ccccc1)=C1\CCCCS1.C=C1C=CC=C(C)N1/C=C\C. The lowest BCUT2D eigenvalue weighted by molar-refractivity contribution is -0.125. The molecule has 1 amide bonds. The summed E-state index contributed by atoms with van der Waals surface area (Å²) < 4.78 is 0. The van der Waals surface area contributed by atoms with E-state index in [9.17, 15) is 4.79 Å². The highest BCUT2D eigenvalue weighted by atomic mass is 32.2. The van der Waals surface area contributed by atoms with Gasteiger partial charge in [0.05, 0.1) is 0 Å². The Hall–Kier alpha value is -2.72. The summed E-state index contributed by atoms with van der Waals surface area (Å²) in [6, 6.07) is 10.4. The number of carbonyl (C=O) groups excluding carboxylic acids is 1. The van der Waals surface area contributed by atoms with Gasteiger partial charge < -0.3 is 9.80 Å². The van der Waals surface area contributed by atoms with Gasteiger partial charge in [-0.25, -0.2) is 0 Å². The molecule has 1 aromatic carbocycles. The summed E-state index contributed by atoms with van der Waals surface area (Å²) >= 11 is 1.90. The van der Waals surface area contributed by atoms with Crippen LogP contribution in [-0.2, 0) is 11.2 Å². The van der Waals surface area contributed by atoms with Gasteiger partial charge >= 0.3 is 0 Å². The summed E-state index contributed by atoms with van der Waals surface area (Å²) in [5.41, 5.74) is 5.52. The molecule has 0 aliphatic carbocycles. The second kappa shape index (κ2) is 16.9. The maximum atomic E-state index is 13.6. The van der Waals surface area contributed by atoms with E-state index < -0.39 is 0 Å². The molecule has 200 valence electrons. The van der Waals surface area contributed by atoms with Crippen LogP contribution in [0.4, 0.5) is 0 Å². The summed E-state index contributed by atoms with van der Waals surface area (Å²) in [5.74, 6) is 1.35. The first-order valence-electron chi connectivity index (χ1n) is 13.7. The monoisotopic (exact) mass is 518 g/mol. The zero-order valence-corrected chi connectivity index (χ0v) is 24.4. The van der Waals surface area contributed by atoms with Crippen molar-refractivity contribution in [1.29, 1.82) is 0 Å². The van der Waals surface area contributed by atoms with Gasteiger partial charge in [-0.1, -0.05) is 74.9 Å². The van der Waals surface area contributed by atoms with E-state index in [-0.39, 0.29) is 5.91 Å². The smallest absolute Gasteiger partial charge is 0.255 e. The Morgan fingerprint density at radius 3 is 2.51 bits per heavy atom. The molecule has 2 heterocycles. The quantitative estimate of drug-likeness (QED) is 0.240. The van der Waals surface area contributed by atoms with Crippen molar-refractivity contribution >= 4 is 17.7 Å². The number of allylic oxidation sites excluding steroid dienone is 8. The van der Waals surface area contributed by atoms with Gasteiger partial charge in [0, 0.05) is 41.8 Å². The molecule has 4 heteroatoms. The fourth-order valence-corrected chi connectivity index (χ4v) is 5.53. The molecule has 0 unspecified atom stereocenters. The van der Waals surface area contributed by atoms with Gasteiger partial charge in [-0.15, -0.1) is 11.8 Å². The summed E-state index contributed by atoms with van der Waals surface area (Å²) in [6.07, 6.45) is 19.8. The molecule has 0 bridgehead atoms. The van der Waals surface area contributed by atoms with E-state index in [1.165, 1.54) is 41.8 Å². The van der Waals surface area contributed by atoms with Crippen LogP contribution in [0.25, 0.3) is 0 Å². The average Bonchev–Trinajstić information content (AvgIpc) is 2.92. The van der Waals surface area contributed by atoms with Crippen molar-refractivity contribution in [2.45, 2.75) is 79.6 Å². The molecular weight excluding hydrogens is 472 g/mol. The van der Waals surface area contributed by atoms with Gasteiger partial charge in [0.1, 0.15) is 0 Å². The summed E-state index contributed by atoms with van der Waals surface area (Å²) in [7, 11) is 0. The highest BCUT2D eigenvalue weighted by Gasteiger charge is 2.24. The van der Waals surface area contributed by atoms with Crippen LogP contribution in [0.1, 0.15) is 78.7 Å². The van der Waals surface area contributed by atoms with Gasteiger partial charge in [-0.2, -0.15) is 0 Å². The van der Waals surface area contributed by atoms with E-state index in [4.69, 9.17) is 0 Å². The highest BCUT2D eigenvalue weighted by molar-refractivity contribution is 8.03. The third kappa shape index (κ3) is 9.92. The molecule has 0 aromatic heterocycles. The minimum absolute atomic E-state index is 0.213. The minimum atomic E-state index is 0.213. The third-order valence-corrected chi connectivity index (χ3v) is 7.87. The number of unbranched alkanes of at least 4 members (excludes halogenated alkanes) is 2. The molecule has 0 atom stereocenters. The average molecular weight is 519 g/mol. The first-order valence-corrected chi connectivity index (χ1v) is 14.7. The molecule has 1 fully saturated rings. The molecule has 2 aliphatic rings. The molecule has 0 spiro atoms. The molecule has 0 radical (unpaired) electrons. The normalized spacial score (nSPS) is 17.3. The van der Waals surface area contributed by atoms with Crippen molar-refractivity contribution in [2.75, 3.05) is 12.3 Å². The van der Waals surface area contributed by atoms with Crippen LogP contribution < -0.4 is 0 Å². The summed E-state index contributed by atoms with van der Waals surface area (Å²) in [6.45, 7) is 15.1. The van der Waals surface area contributed by atoms with Crippen LogP contribution in [0.3, 0.4) is 0 Å². The number of nitrogens with zero attached hydrogens (tertiary/aromatic N) is 2. The number of carbonyl (C=O) groups is 1. The predicted octanol–water partition coefficient (Wildman–Crippen LogP) is 9.15. The Balaban J connectivity index is 0.000000364. The van der Waals surface area contributed by atoms with Gasteiger partial charge in [0.25, 0.3) is 5.91 Å². The number of hydrogen-bond acceptors (Lipinski definition) is 3. The predicted molar refractivity (Wildman–Crippen MR) is 163 cm³/mol. The zero-order valence-electron chi connectivity index (χ0n) is 23.6. The molecule has 3 rings (SSSR count). The second-order valence-electron chi connectivity index (χ2n) is 9.47. The first kappa shape index (κ1) is 30.5. The van der Waals surface area contributed by atoms with Crippen LogP contribution in [0.2, 0.25) is 0 Å². The van der Waals surface area contributed by atoms with E-state index in [0.717, 1.165) is 48.5 Å². The molecule has 0 N–H and O–H groups in total. The first-order chi connectivity index (χ1) is 17.9. The number of hydrogen-bond donors (Lipinski definition) is 0. The van der Waals surface area contributed by atoms with Crippen LogP contribution in [0.5, 0.6) is 0 Å². The van der Waals surface area contributed by atoms with E-state index >= 15 is 0 Å². The molecule has 1 aromatic rings. The largest absolute Gasteiger partial charge is 0.322 e. The lowest BCUT2D eigenvalue weighted by Gasteiger charge is -2.27. The standard InChI is InChI=1S/C23H33NOS.C10H13N/c1-4-6-11-16-24(19(3)5-2)23(25)21(22-15-10-12-17-26-22)18-20-13-8-7-9-14-20;1-4-8-11-9(2)6-5-7-10(11)3/h5,7-9,13-14H,4,6,10-12,15-18H2,1-3H3;4-8H,2H2,1,3H3/b19-5-,22-21+;8-4-.